The van der Waals surface area contributed by atoms with Gasteiger partial charge >= 0.3 is 0 Å². The average molecular weight is 350 g/mol. The molecule has 0 spiro atoms. The van der Waals surface area contributed by atoms with E-state index in [1.165, 1.54) is 0 Å². The molecule has 2 heterocycles. The van der Waals surface area contributed by atoms with Gasteiger partial charge in [0.15, 0.2) is 0 Å². The van der Waals surface area contributed by atoms with Crippen LogP contribution in [-0.2, 0) is 4.74 Å². The van der Waals surface area contributed by atoms with Gasteiger partial charge in [-0.25, -0.2) is 0 Å². The quantitative estimate of drug-likeness (QED) is 0.916. The van der Waals surface area contributed by atoms with Crippen LogP contribution in [-0.4, -0.2) is 30.8 Å². The second kappa shape index (κ2) is 6.20. The van der Waals surface area contributed by atoms with Crippen molar-refractivity contribution in [1.29, 1.82) is 0 Å². The van der Waals surface area contributed by atoms with Gasteiger partial charge in [-0.15, -0.1) is 0 Å². The highest BCUT2D eigenvalue weighted by Gasteiger charge is 2.21. The van der Waals surface area contributed by atoms with Gasteiger partial charge < -0.3 is 15.4 Å². The van der Waals surface area contributed by atoms with Gasteiger partial charge in [0.25, 0.3) is 0 Å². The van der Waals surface area contributed by atoms with E-state index in [1.807, 2.05) is 12.1 Å². The molecular formula is C16H20BrN3O. The number of halogens is 1. The second-order valence-corrected chi connectivity index (χ2v) is 6.31. The van der Waals surface area contributed by atoms with E-state index in [0.717, 1.165) is 59.3 Å². The fraction of sp³-hybridized carbons (Fsp3) is 0.438. The minimum absolute atomic E-state index is 0.305. The molecule has 3 rings (SSSR count). The normalized spacial score (nSPS) is 18.3. The summed E-state index contributed by atoms with van der Waals surface area (Å²) in [6.45, 7) is 4.81. The van der Waals surface area contributed by atoms with Gasteiger partial charge in [-0.05, 0) is 38.0 Å². The van der Waals surface area contributed by atoms with Crippen molar-refractivity contribution in [1.82, 2.24) is 4.98 Å². The summed E-state index contributed by atoms with van der Waals surface area (Å²) in [5.74, 6) is 0. The number of fused-ring (bicyclic) bond motifs is 1. The molecule has 2 aromatic rings. The summed E-state index contributed by atoms with van der Waals surface area (Å²) in [7, 11) is 0. The number of hydrogen-bond acceptors (Lipinski definition) is 4. The van der Waals surface area contributed by atoms with E-state index < -0.39 is 0 Å². The summed E-state index contributed by atoms with van der Waals surface area (Å²) in [5.41, 5.74) is 8.98. The number of nitrogen functional groups attached to an aromatic ring is 1. The Morgan fingerprint density at radius 3 is 3.05 bits per heavy atom. The zero-order chi connectivity index (χ0) is 14.8. The lowest BCUT2D eigenvalue weighted by molar-refractivity contribution is 0.116. The predicted molar refractivity (Wildman–Crippen MR) is 90.7 cm³/mol. The van der Waals surface area contributed by atoms with Gasteiger partial charge in [0.05, 0.1) is 29.2 Å². The molecule has 4 nitrogen and oxygen atoms in total. The van der Waals surface area contributed by atoms with Crippen LogP contribution in [0.2, 0.25) is 0 Å². The number of anilines is 2. The fourth-order valence-corrected chi connectivity index (χ4v) is 3.29. The summed E-state index contributed by atoms with van der Waals surface area (Å²) in [4.78, 5) is 6.73. The van der Waals surface area contributed by atoms with Crippen LogP contribution in [0.3, 0.4) is 0 Å². The van der Waals surface area contributed by atoms with E-state index in [9.17, 15) is 0 Å². The Kier molecular flexibility index (Phi) is 4.31. The first-order valence-corrected chi connectivity index (χ1v) is 8.18. The topological polar surface area (TPSA) is 51.4 Å². The Balaban J connectivity index is 2.03. The first-order chi connectivity index (χ1) is 10.2. The Hall–Kier alpha value is -1.33. The van der Waals surface area contributed by atoms with Crippen molar-refractivity contribution in [2.24, 2.45) is 0 Å². The van der Waals surface area contributed by atoms with Crippen molar-refractivity contribution in [3.8, 4) is 0 Å². The maximum absolute atomic E-state index is 6.23. The van der Waals surface area contributed by atoms with Crippen molar-refractivity contribution in [2.45, 2.75) is 25.9 Å². The summed E-state index contributed by atoms with van der Waals surface area (Å²) in [6, 6.07) is 6.11. The van der Waals surface area contributed by atoms with E-state index in [0.29, 0.717) is 6.10 Å². The third-order valence-electron chi connectivity index (χ3n) is 3.98. The van der Waals surface area contributed by atoms with Crippen molar-refractivity contribution in [2.75, 3.05) is 30.3 Å². The Morgan fingerprint density at radius 1 is 1.48 bits per heavy atom. The standard InChI is InChI=1S/C16H20BrN3O/c1-2-20(10-12-4-3-7-21-12)16-13-8-11(17)5-6-15(13)19-9-14(16)18/h5-6,8-9,12H,2-4,7,10,18H2,1H3. The zero-order valence-electron chi connectivity index (χ0n) is 12.2. The molecule has 1 aromatic carbocycles. The first kappa shape index (κ1) is 14.6. The lowest BCUT2D eigenvalue weighted by Crippen LogP contribution is -2.32. The number of pyridine rings is 1. The zero-order valence-corrected chi connectivity index (χ0v) is 13.8. The molecule has 1 aliphatic rings. The number of nitrogens with zero attached hydrogens (tertiary/aromatic N) is 2. The maximum atomic E-state index is 6.23. The molecule has 0 radical (unpaired) electrons. The smallest absolute Gasteiger partial charge is 0.0750 e. The number of hydrogen-bond donors (Lipinski definition) is 1. The number of ether oxygens (including phenoxy) is 1. The van der Waals surface area contributed by atoms with Crippen LogP contribution in [0.5, 0.6) is 0 Å². The Morgan fingerprint density at radius 2 is 2.33 bits per heavy atom. The average Bonchev–Trinajstić information content (AvgIpc) is 2.98. The summed E-state index contributed by atoms with van der Waals surface area (Å²) in [5, 5.41) is 1.09. The number of rotatable bonds is 4. The molecule has 0 bridgehead atoms. The number of aromatic nitrogens is 1. The molecule has 1 atom stereocenters. The molecule has 5 heteroatoms. The highest BCUT2D eigenvalue weighted by atomic mass is 79.9. The van der Waals surface area contributed by atoms with E-state index in [4.69, 9.17) is 10.5 Å². The van der Waals surface area contributed by atoms with Crippen molar-refractivity contribution < 1.29 is 4.74 Å². The lowest BCUT2D eigenvalue weighted by atomic mass is 10.1. The molecule has 112 valence electrons. The molecule has 0 saturated carbocycles. The van der Waals surface area contributed by atoms with Crippen LogP contribution in [0.15, 0.2) is 28.9 Å². The fourth-order valence-electron chi connectivity index (χ4n) is 2.93. The minimum Gasteiger partial charge on any atom is -0.396 e. The van der Waals surface area contributed by atoms with Crippen LogP contribution in [0.1, 0.15) is 19.8 Å². The first-order valence-electron chi connectivity index (χ1n) is 7.39. The molecule has 1 aromatic heterocycles. The molecule has 1 aliphatic heterocycles. The van der Waals surface area contributed by atoms with Gasteiger partial charge in [-0.2, -0.15) is 0 Å². The third kappa shape index (κ3) is 2.99. The van der Waals surface area contributed by atoms with Crippen molar-refractivity contribution in [3.63, 3.8) is 0 Å². The second-order valence-electron chi connectivity index (χ2n) is 5.40. The van der Waals surface area contributed by atoms with Crippen molar-refractivity contribution in [3.05, 3.63) is 28.9 Å². The number of benzene rings is 1. The van der Waals surface area contributed by atoms with Crippen LogP contribution in [0.25, 0.3) is 10.9 Å². The largest absolute Gasteiger partial charge is 0.396 e. The third-order valence-corrected chi connectivity index (χ3v) is 4.47. The monoisotopic (exact) mass is 349 g/mol. The van der Waals surface area contributed by atoms with Gasteiger partial charge in [0, 0.05) is 29.6 Å². The highest BCUT2D eigenvalue weighted by molar-refractivity contribution is 9.10. The Bertz CT molecular complexity index is 635. The summed E-state index contributed by atoms with van der Waals surface area (Å²) >= 11 is 3.54. The van der Waals surface area contributed by atoms with Gasteiger partial charge in [0.2, 0.25) is 0 Å². The van der Waals surface area contributed by atoms with E-state index in [2.05, 4.69) is 38.8 Å². The molecule has 1 unspecified atom stereocenters. The maximum Gasteiger partial charge on any atom is 0.0750 e. The number of nitrogens with two attached hydrogens (primary N) is 1. The van der Waals surface area contributed by atoms with Gasteiger partial charge in [-0.3, -0.25) is 4.98 Å². The van der Waals surface area contributed by atoms with Gasteiger partial charge in [-0.1, -0.05) is 15.9 Å². The molecular weight excluding hydrogens is 330 g/mol. The summed E-state index contributed by atoms with van der Waals surface area (Å²) < 4.78 is 6.81. The van der Waals surface area contributed by atoms with Crippen LogP contribution >= 0.6 is 15.9 Å². The van der Waals surface area contributed by atoms with Crippen LogP contribution in [0.4, 0.5) is 11.4 Å². The Labute approximate surface area is 133 Å². The van der Waals surface area contributed by atoms with E-state index in [-0.39, 0.29) is 0 Å². The molecule has 2 N–H and O–H groups in total. The van der Waals surface area contributed by atoms with Gasteiger partial charge in [0.1, 0.15) is 0 Å². The lowest BCUT2D eigenvalue weighted by Gasteiger charge is -2.28. The molecule has 0 aliphatic carbocycles. The predicted octanol–water partition coefficient (Wildman–Crippen LogP) is 3.58. The van der Waals surface area contributed by atoms with E-state index >= 15 is 0 Å². The molecule has 1 fully saturated rings. The molecule has 1 saturated heterocycles. The molecule has 0 amide bonds. The van der Waals surface area contributed by atoms with Crippen LogP contribution < -0.4 is 10.6 Å². The minimum atomic E-state index is 0.305. The highest BCUT2D eigenvalue weighted by Crippen LogP contribution is 2.33. The van der Waals surface area contributed by atoms with Crippen molar-refractivity contribution >= 4 is 38.2 Å². The summed E-state index contributed by atoms with van der Waals surface area (Å²) in [6.07, 6.45) is 4.34. The van der Waals surface area contributed by atoms with E-state index in [1.54, 1.807) is 6.20 Å². The molecule has 21 heavy (non-hydrogen) atoms. The SMILES string of the molecule is CCN(CC1CCCO1)c1c(N)cnc2ccc(Br)cc12. The van der Waals surface area contributed by atoms with Crippen LogP contribution in [0, 0.1) is 0 Å². The number of likely N-dealkylation sites (N-methyl/N-ethyl adjacent to an activating group) is 1.